The van der Waals surface area contributed by atoms with Crippen molar-refractivity contribution in [2.75, 3.05) is 19.7 Å². The molecule has 1 rings (SSSR count). The van der Waals surface area contributed by atoms with Gasteiger partial charge < -0.3 is 10.1 Å². The summed E-state index contributed by atoms with van der Waals surface area (Å²) < 4.78 is 5.77. The third-order valence-corrected chi connectivity index (χ3v) is 4.24. The van der Waals surface area contributed by atoms with Gasteiger partial charge in [0.1, 0.15) is 0 Å². The Labute approximate surface area is 113 Å². The number of rotatable bonds is 7. The number of nitrogens with one attached hydrogen (secondary N) is 1. The van der Waals surface area contributed by atoms with E-state index in [9.17, 15) is 0 Å². The lowest BCUT2D eigenvalue weighted by Crippen LogP contribution is -2.55. The summed E-state index contributed by atoms with van der Waals surface area (Å²) in [5.41, 5.74) is 0. The van der Waals surface area contributed by atoms with Crippen LogP contribution in [0.4, 0.5) is 0 Å². The van der Waals surface area contributed by atoms with E-state index in [2.05, 4.69) is 44.8 Å². The molecule has 108 valence electrons. The molecule has 0 amide bonds. The van der Waals surface area contributed by atoms with Crippen LogP contribution < -0.4 is 5.32 Å². The molecule has 0 aromatic rings. The van der Waals surface area contributed by atoms with Crippen LogP contribution in [0.25, 0.3) is 0 Å². The van der Waals surface area contributed by atoms with Crippen LogP contribution in [0.15, 0.2) is 0 Å². The van der Waals surface area contributed by atoms with Gasteiger partial charge in [-0.05, 0) is 33.1 Å². The van der Waals surface area contributed by atoms with Crippen LogP contribution in [0.2, 0.25) is 0 Å². The van der Waals surface area contributed by atoms with E-state index >= 15 is 0 Å². The Morgan fingerprint density at radius 3 is 2.50 bits per heavy atom. The highest BCUT2D eigenvalue weighted by Gasteiger charge is 2.28. The molecule has 18 heavy (non-hydrogen) atoms. The molecule has 1 N–H and O–H groups in total. The van der Waals surface area contributed by atoms with Crippen LogP contribution in [0, 0.1) is 0 Å². The van der Waals surface area contributed by atoms with Gasteiger partial charge in [0.15, 0.2) is 0 Å². The zero-order valence-electron chi connectivity index (χ0n) is 12.9. The fourth-order valence-corrected chi connectivity index (χ4v) is 2.79. The summed E-state index contributed by atoms with van der Waals surface area (Å²) >= 11 is 0. The van der Waals surface area contributed by atoms with Crippen LogP contribution in [-0.2, 0) is 4.74 Å². The van der Waals surface area contributed by atoms with E-state index in [4.69, 9.17) is 4.74 Å². The van der Waals surface area contributed by atoms with Crippen molar-refractivity contribution < 1.29 is 4.74 Å². The van der Waals surface area contributed by atoms with Gasteiger partial charge >= 0.3 is 0 Å². The fourth-order valence-electron chi connectivity index (χ4n) is 2.79. The molecule has 0 bridgehead atoms. The Balaban J connectivity index is 2.44. The zero-order valence-corrected chi connectivity index (χ0v) is 12.9. The van der Waals surface area contributed by atoms with Gasteiger partial charge in [0.05, 0.1) is 12.7 Å². The largest absolute Gasteiger partial charge is 0.376 e. The highest BCUT2D eigenvalue weighted by molar-refractivity contribution is 4.83. The quantitative estimate of drug-likeness (QED) is 0.758. The molecule has 3 heteroatoms. The summed E-state index contributed by atoms with van der Waals surface area (Å²) in [6.07, 6.45) is 4.01. The molecule has 1 fully saturated rings. The monoisotopic (exact) mass is 256 g/mol. The average molecular weight is 256 g/mol. The van der Waals surface area contributed by atoms with E-state index < -0.39 is 0 Å². The molecule has 3 unspecified atom stereocenters. The van der Waals surface area contributed by atoms with Gasteiger partial charge in [0.2, 0.25) is 0 Å². The molecule has 0 radical (unpaired) electrons. The smallest absolute Gasteiger partial charge is 0.0674 e. The standard InChI is InChI=1S/C15H32N2O/c1-6-14(7-2)16-9-12(4)17-10-13(5)18-11-15(17)8-3/h12-16H,6-11H2,1-5H3. The molecular weight excluding hydrogens is 224 g/mol. The van der Waals surface area contributed by atoms with E-state index in [1.165, 1.54) is 19.3 Å². The number of hydrogen-bond acceptors (Lipinski definition) is 3. The van der Waals surface area contributed by atoms with Crippen molar-refractivity contribution in [3.05, 3.63) is 0 Å². The Bertz CT molecular complexity index is 219. The summed E-state index contributed by atoms with van der Waals surface area (Å²) in [7, 11) is 0. The molecule has 1 saturated heterocycles. The maximum Gasteiger partial charge on any atom is 0.0674 e. The van der Waals surface area contributed by atoms with Gasteiger partial charge in [0.25, 0.3) is 0 Å². The summed E-state index contributed by atoms with van der Waals surface area (Å²) in [5, 5.41) is 3.69. The SMILES string of the molecule is CCC(CC)NCC(C)N1CC(C)OCC1CC. The van der Waals surface area contributed by atoms with E-state index in [0.29, 0.717) is 24.2 Å². The highest BCUT2D eigenvalue weighted by Crippen LogP contribution is 2.17. The Morgan fingerprint density at radius 1 is 1.28 bits per heavy atom. The van der Waals surface area contributed by atoms with E-state index in [-0.39, 0.29) is 0 Å². The van der Waals surface area contributed by atoms with Crippen molar-refractivity contribution in [2.24, 2.45) is 0 Å². The molecule has 0 aromatic heterocycles. The van der Waals surface area contributed by atoms with Crippen LogP contribution >= 0.6 is 0 Å². The lowest BCUT2D eigenvalue weighted by molar-refractivity contribution is -0.0697. The first kappa shape index (κ1) is 15.9. The molecule has 0 spiro atoms. The number of hydrogen-bond donors (Lipinski definition) is 1. The molecule has 1 aliphatic heterocycles. The van der Waals surface area contributed by atoms with Crippen LogP contribution in [0.3, 0.4) is 0 Å². The molecular formula is C15H32N2O. The van der Waals surface area contributed by atoms with Crippen LogP contribution in [-0.4, -0.2) is 48.8 Å². The first-order chi connectivity index (χ1) is 8.62. The molecule has 0 aromatic carbocycles. The van der Waals surface area contributed by atoms with Crippen molar-refractivity contribution in [1.82, 2.24) is 10.2 Å². The normalized spacial score (nSPS) is 27.7. The maximum absolute atomic E-state index is 5.77. The number of morpholine rings is 1. The molecule has 3 atom stereocenters. The van der Waals surface area contributed by atoms with Crippen LogP contribution in [0.1, 0.15) is 53.9 Å². The molecule has 1 heterocycles. The summed E-state index contributed by atoms with van der Waals surface area (Å²) in [6, 6.07) is 1.87. The molecule has 0 aliphatic carbocycles. The van der Waals surface area contributed by atoms with Crippen molar-refractivity contribution in [3.63, 3.8) is 0 Å². The van der Waals surface area contributed by atoms with Gasteiger partial charge in [-0.2, -0.15) is 0 Å². The van der Waals surface area contributed by atoms with E-state index in [1.54, 1.807) is 0 Å². The minimum absolute atomic E-state index is 0.378. The predicted octanol–water partition coefficient (Wildman–Crippen LogP) is 2.65. The van der Waals surface area contributed by atoms with Crippen molar-refractivity contribution >= 4 is 0 Å². The molecule has 0 saturated carbocycles. The lowest BCUT2D eigenvalue weighted by Gasteiger charge is -2.42. The number of nitrogens with zero attached hydrogens (tertiary/aromatic N) is 1. The predicted molar refractivity (Wildman–Crippen MR) is 78.0 cm³/mol. The second-order valence-electron chi connectivity index (χ2n) is 5.67. The van der Waals surface area contributed by atoms with Gasteiger partial charge in [-0.3, -0.25) is 4.90 Å². The summed E-state index contributed by atoms with van der Waals surface area (Å²) in [4.78, 5) is 2.63. The highest BCUT2D eigenvalue weighted by atomic mass is 16.5. The van der Waals surface area contributed by atoms with Gasteiger partial charge in [-0.15, -0.1) is 0 Å². The second-order valence-corrected chi connectivity index (χ2v) is 5.67. The lowest BCUT2D eigenvalue weighted by atomic mass is 10.1. The average Bonchev–Trinajstić information content (AvgIpc) is 2.39. The van der Waals surface area contributed by atoms with E-state index in [1.807, 2.05) is 0 Å². The summed E-state index contributed by atoms with van der Waals surface area (Å²) in [6.45, 7) is 14.4. The van der Waals surface area contributed by atoms with Crippen molar-refractivity contribution in [1.29, 1.82) is 0 Å². The third kappa shape index (κ3) is 4.52. The van der Waals surface area contributed by atoms with Crippen LogP contribution in [0.5, 0.6) is 0 Å². The summed E-state index contributed by atoms with van der Waals surface area (Å²) in [5.74, 6) is 0. The van der Waals surface area contributed by atoms with Crippen molar-refractivity contribution in [2.45, 2.75) is 78.1 Å². The zero-order chi connectivity index (χ0) is 13.5. The third-order valence-electron chi connectivity index (χ3n) is 4.24. The number of ether oxygens (including phenoxy) is 1. The van der Waals surface area contributed by atoms with E-state index in [0.717, 1.165) is 19.7 Å². The van der Waals surface area contributed by atoms with Gasteiger partial charge in [-0.1, -0.05) is 20.8 Å². The minimum atomic E-state index is 0.378. The van der Waals surface area contributed by atoms with Gasteiger partial charge in [-0.25, -0.2) is 0 Å². The van der Waals surface area contributed by atoms with Crippen molar-refractivity contribution in [3.8, 4) is 0 Å². The fraction of sp³-hybridized carbons (Fsp3) is 1.00. The Kier molecular flexibility index (Phi) is 7.20. The maximum atomic E-state index is 5.77. The Hall–Kier alpha value is -0.120. The first-order valence-corrected chi connectivity index (χ1v) is 7.72. The first-order valence-electron chi connectivity index (χ1n) is 7.72. The molecule has 3 nitrogen and oxygen atoms in total. The minimum Gasteiger partial charge on any atom is -0.376 e. The molecule has 1 aliphatic rings. The Morgan fingerprint density at radius 2 is 1.94 bits per heavy atom. The second kappa shape index (κ2) is 8.13. The van der Waals surface area contributed by atoms with Gasteiger partial charge in [0, 0.05) is 31.2 Å². The topological polar surface area (TPSA) is 24.5 Å².